The number of sulfonamides is 1. The Bertz CT molecular complexity index is 944. The summed E-state index contributed by atoms with van der Waals surface area (Å²) < 4.78 is 31.1. The van der Waals surface area contributed by atoms with Crippen LogP contribution in [0.15, 0.2) is 38.1 Å². The lowest BCUT2D eigenvalue weighted by atomic mass is 10.3. The molecule has 6 nitrogen and oxygen atoms in total. The van der Waals surface area contributed by atoms with Crippen molar-refractivity contribution in [1.29, 1.82) is 0 Å². The molecule has 3 aromatic rings. The van der Waals surface area contributed by atoms with Crippen molar-refractivity contribution < 1.29 is 12.8 Å². The molecule has 2 aromatic heterocycles. The summed E-state index contributed by atoms with van der Waals surface area (Å²) in [5, 5.41) is 3.54. The highest BCUT2D eigenvalue weighted by Crippen LogP contribution is 2.28. The molecule has 9 heteroatoms. The van der Waals surface area contributed by atoms with Gasteiger partial charge in [0.05, 0.1) is 15.6 Å². The topological polar surface area (TPSA) is 76.3 Å². The monoisotopic (exact) mass is 369 g/mol. The Kier molecular flexibility index (Phi) is 4.45. The lowest BCUT2D eigenvalue weighted by Gasteiger charge is -2.10. The lowest BCUT2D eigenvalue weighted by Crippen LogP contribution is -2.22. The quantitative estimate of drug-likeness (QED) is 0.643. The molecule has 0 amide bonds. The Morgan fingerprint density at radius 1 is 1.30 bits per heavy atom. The average molecular weight is 369 g/mol. The number of benzene rings is 1. The molecule has 0 bridgehead atoms. The van der Waals surface area contributed by atoms with Gasteiger partial charge in [-0.3, -0.25) is 0 Å². The summed E-state index contributed by atoms with van der Waals surface area (Å²) in [4.78, 5) is 8.95. The van der Waals surface area contributed by atoms with E-state index in [0.29, 0.717) is 22.1 Å². The molecule has 0 spiro atoms. The molecule has 0 aliphatic carbocycles. The van der Waals surface area contributed by atoms with E-state index in [1.807, 2.05) is 12.3 Å². The van der Waals surface area contributed by atoms with Crippen molar-refractivity contribution in [2.75, 3.05) is 14.1 Å². The summed E-state index contributed by atoms with van der Waals surface area (Å²) in [7, 11) is -0.476. The van der Waals surface area contributed by atoms with Gasteiger partial charge in [0, 0.05) is 25.2 Å². The first kappa shape index (κ1) is 16.4. The van der Waals surface area contributed by atoms with Crippen LogP contribution >= 0.6 is 23.1 Å². The van der Waals surface area contributed by atoms with Gasteiger partial charge in [0.1, 0.15) is 5.52 Å². The number of hydrogen-bond donors (Lipinski definition) is 0. The fourth-order valence-corrected chi connectivity index (χ4v) is 4.30. The maximum absolute atomic E-state index is 12.2. The van der Waals surface area contributed by atoms with Crippen molar-refractivity contribution in [3.8, 4) is 0 Å². The summed E-state index contributed by atoms with van der Waals surface area (Å²) in [6, 6.07) is 4.70. The second kappa shape index (κ2) is 6.23. The molecular formula is C14H15N3O3S3. The molecular weight excluding hydrogens is 354 g/mol. The van der Waals surface area contributed by atoms with E-state index in [4.69, 9.17) is 4.42 Å². The maximum atomic E-state index is 12.2. The number of aromatic nitrogens is 2. The van der Waals surface area contributed by atoms with E-state index in [1.165, 1.54) is 42.3 Å². The van der Waals surface area contributed by atoms with E-state index in [9.17, 15) is 8.42 Å². The van der Waals surface area contributed by atoms with E-state index in [1.54, 1.807) is 17.4 Å². The van der Waals surface area contributed by atoms with Crippen LogP contribution < -0.4 is 0 Å². The van der Waals surface area contributed by atoms with Crippen LogP contribution in [-0.2, 0) is 15.8 Å². The Balaban J connectivity index is 1.84. The van der Waals surface area contributed by atoms with Gasteiger partial charge in [0.2, 0.25) is 10.0 Å². The predicted molar refractivity (Wildman–Crippen MR) is 91.3 cm³/mol. The molecule has 0 aliphatic heterocycles. The van der Waals surface area contributed by atoms with Crippen LogP contribution in [0, 0.1) is 6.92 Å². The number of oxazole rings is 1. The van der Waals surface area contributed by atoms with Crippen molar-refractivity contribution in [3.63, 3.8) is 0 Å². The number of thiazole rings is 1. The van der Waals surface area contributed by atoms with Crippen LogP contribution in [0.25, 0.3) is 11.1 Å². The van der Waals surface area contributed by atoms with Crippen molar-refractivity contribution >= 4 is 44.2 Å². The third-order valence-electron chi connectivity index (χ3n) is 3.13. The van der Waals surface area contributed by atoms with Crippen LogP contribution in [0.1, 0.15) is 10.7 Å². The van der Waals surface area contributed by atoms with Crippen LogP contribution in [0.4, 0.5) is 0 Å². The summed E-state index contributed by atoms with van der Waals surface area (Å²) in [5.41, 5.74) is 2.08. The van der Waals surface area contributed by atoms with Crippen molar-refractivity contribution in [3.05, 3.63) is 34.3 Å². The minimum atomic E-state index is -3.48. The van der Waals surface area contributed by atoms with Crippen LogP contribution in [0.5, 0.6) is 0 Å². The first-order valence-electron chi connectivity index (χ1n) is 6.73. The Morgan fingerprint density at radius 3 is 2.74 bits per heavy atom. The Labute approximate surface area is 142 Å². The number of rotatable bonds is 5. The van der Waals surface area contributed by atoms with Crippen LogP contribution in [0.2, 0.25) is 0 Å². The van der Waals surface area contributed by atoms with Gasteiger partial charge in [0.25, 0.3) is 5.22 Å². The van der Waals surface area contributed by atoms with Crippen molar-refractivity contribution in [1.82, 2.24) is 14.3 Å². The zero-order chi connectivity index (χ0) is 16.6. The largest absolute Gasteiger partial charge is 0.431 e. The van der Waals surface area contributed by atoms with Gasteiger partial charge in [-0.25, -0.2) is 22.7 Å². The number of thioether (sulfide) groups is 1. The molecule has 0 fully saturated rings. The molecule has 0 unspecified atom stereocenters. The number of nitrogens with zero attached hydrogens (tertiary/aromatic N) is 3. The first-order chi connectivity index (χ1) is 10.9. The minimum Gasteiger partial charge on any atom is -0.431 e. The second-order valence-electron chi connectivity index (χ2n) is 5.04. The molecule has 2 heterocycles. The third kappa shape index (κ3) is 3.42. The first-order valence-corrected chi connectivity index (χ1v) is 10.0. The zero-order valence-electron chi connectivity index (χ0n) is 12.8. The van der Waals surface area contributed by atoms with Crippen LogP contribution in [-0.4, -0.2) is 36.8 Å². The highest BCUT2D eigenvalue weighted by molar-refractivity contribution is 7.98. The van der Waals surface area contributed by atoms with E-state index < -0.39 is 10.0 Å². The van der Waals surface area contributed by atoms with Gasteiger partial charge in [-0.05, 0) is 25.1 Å². The molecule has 0 aliphatic rings. The van der Waals surface area contributed by atoms with Gasteiger partial charge < -0.3 is 4.42 Å². The molecule has 23 heavy (non-hydrogen) atoms. The summed E-state index contributed by atoms with van der Waals surface area (Å²) in [6.07, 6.45) is 0. The number of fused-ring (bicyclic) bond motifs is 1. The summed E-state index contributed by atoms with van der Waals surface area (Å²) in [5.74, 6) is 0.667. The second-order valence-corrected chi connectivity index (χ2v) is 9.18. The van der Waals surface area contributed by atoms with Crippen LogP contribution in [0.3, 0.4) is 0 Å². The van der Waals surface area contributed by atoms with Gasteiger partial charge in [0.15, 0.2) is 5.58 Å². The SMILES string of the molecule is Cc1nc(CSc2nc3cc(S(=O)(=O)N(C)C)ccc3o2)cs1. The predicted octanol–water partition coefficient (Wildman–Crippen LogP) is 3.14. The molecule has 0 saturated heterocycles. The summed E-state index contributed by atoms with van der Waals surface area (Å²) in [6.45, 7) is 1.96. The summed E-state index contributed by atoms with van der Waals surface area (Å²) >= 11 is 3.04. The van der Waals surface area contributed by atoms with Crippen molar-refractivity contribution in [2.45, 2.75) is 22.8 Å². The molecule has 3 rings (SSSR count). The van der Waals surface area contributed by atoms with Gasteiger partial charge in [-0.1, -0.05) is 11.8 Å². The average Bonchev–Trinajstić information content (AvgIpc) is 3.09. The van der Waals surface area contributed by atoms with Gasteiger partial charge in [-0.2, -0.15) is 0 Å². The van der Waals surface area contributed by atoms with Crippen molar-refractivity contribution in [2.24, 2.45) is 0 Å². The molecule has 122 valence electrons. The fourth-order valence-electron chi connectivity index (χ4n) is 1.93. The van der Waals surface area contributed by atoms with Gasteiger partial charge in [-0.15, -0.1) is 11.3 Å². The highest BCUT2D eigenvalue weighted by atomic mass is 32.2. The minimum absolute atomic E-state index is 0.204. The fraction of sp³-hybridized carbons (Fsp3) is 0.286. The third-order valence-corrected chi connectivity index (χ3v) is 6.62. The van der Waals surface area contributed by atoms with E-state index >= 15 is 0 Å². The van der Waals surface area contributed by atoms with Gasteiger partial charge >= 0.3 is 0 Å². The normalized spacial score (nSPS) is 12.3. The molecule has 0 N–H and O–H groups in total. The zero-order valence-corrected chi connectivity index (χ0v) is 15.3. The number of aryl methyl sites for hydroxylation is 1. The maximum Gasteiger partial charge on any atom is 0.257 e. The highest BCUT2D eigenvalue weighted by Gasteiger charge is 2.19. The standard InChI is InChI=1S/C14H15N3O3S3/c1-9-15-10(7-21-9)8-22-14-16-12-6-11(4-5-13(12)20-14)23(18,19)17(2)3/h4-7H,8H2,1-3H3. The molecule has 0 saturated carbocycles. The Morgan fingerprint density at radius 2 is 2.09 bits per heavy atom. The van der Waals surface area contributed by atoms with E-state index in [0.717, 1.165) is 10.7 Å². The Hall–Kier alpha value is -1.42. The van der Waals surface area contributed by atoms with E-state index in [2.05, 4.69) is 9.97 Å². The smallest absolute Gasteiger partial charge is 0.257 e. The molecule has 0 radical (unpaired) electrons. The molecule has 1 aromatic carbocycles. The van der Waals surface area contributed by atoms with E-state index in [-0.39, 0.29) is 4.90 Å². The lowest BCUT2D eigenvalue weighted by molar-refractivity contribution is 0.489. The molecule has 0 atom stereocenters. The number of hydrogen-bond acceptors (Lipinski definition) is 7.